The van der Waals surface area contributed by atoms with Gasteiger partial charge in [0.05, 0.1) is 22.7 Å². The van der Waals surface area contributed by atoms with Gasteiger partial charge in [-0.2, -0.15) is 0 Å². The molecule has 0 spiro atoms. The Balaban J connectivity index is 1.55. The molecule has 2 N–H and O–H groups in total. The summed E-state index contributed by atoms with van der Waals surface area (Å²) in [5, 5.41) is 14.3. The van der Waals surface area contributed by atoms with E-state index in [0.29, 0.717) is 0 Å². The zero-order chi connectivity index (χ0) is 25.5. The number of rotatable bonds is 3. The Kier molecular flexibility index (Phi) is 4.75. The lowest BCUT2D eigenvalue weighted by Gasteiger charge is -2.49. The van der Waals surface area contributed by atoms with E-state index in [9.17, 15) is 5.11 Å². The van der Waals surface area contributed by atoms with Crippen molar-refractivity contribution < 1.29 is 5.11 Å². The lowest BCUT2D eigenvalue weighted by atomic mass is 9.66. The summed E-state index contributed by atoms with van der Waals surface area (Å²) in [6.07, 6.45) is 0. The maximum atomic E-state index is 10.7. The largest absolute Gasteiger partial charge is 0.386 e. The first-order valence-electron chi connectivity index (χ1n) is 12.8. The summed E-state index contributed by atoms with van der Waals surface area (Å²) in [7, 11) is 0. The molecule has 182 valence electrons. The van der Waals surface area contributed by atoms with Gasteiger partial charge in [-0.1, -0.05) is 82.3 Å². The van der Waals surface area contributed by atoms with Gasteiger partial charge in [0.25, 0.3) is 0 Å². The van der Waals surface area contributed by atoms with Crippen molar-refractivity contribution in [2.45, 2.75) is 58.0 Å². The van der Waals surface area contributed by atoms with Crippen molar-refractivity contribution >= 4 is 28.4 Å². The predicted octanol–water partition coefficient (Wildman–Crippen LogP) is 8.41. The fourth-order valence-corrected chi connectivity index (χ4v) is 6.24. The number of para-hydroxylation sites is 3. The van der Waals surface area contributed by atoms with Crippen molar-refractivity contribution in [1.29, 1.82) is 0 Å². The molecule has 2 aliphatic rings. The minimum Gasteiger partial charge on any atom is -0.386 e. The number of benzene rings is 4. The van der Waals surface area contributed by atoms with E-state index in [4.69, 9.17) is 0 Å². The summed E-state index contributed by atoms with van der Waals surface area (Å²) in [6, 6.07) is 30.3. The molecule has 0 bridgehead atoms. The van der Waals surface area contributed by atoms with Gasteiger partial charge in [0.2, 0.25) is 0 Å². The van der Waals surface area contributed by atoms with Crippen LogP contribution in [0.4, 0.5) is 28.4 Å². The molecule has 0 aromatic heterocycles. The topological polar surface area (TPSA) is 35.5 Å². The molecule has 0 fully saturated rings. The molecule has 0 amide bonds. The Bertz CT molecular complexity index is 1510. The maximum absolute atomic E-state index is 10.7. The van der Waals surface area contributed by atoms with Gasteiger partial charge in [0, 0.05) is 27.8 Å². The van der Waals surface area contributed by atoms with Gasteiger partial charge in [-0.15, -0.1) is 0 Å². The normalized spacial score (nSPS) is 16.6. The van der Waals surface area contributed by atoms with E-state index in [1.165, 1.54) is 39.3 Å². The Morgan fingerprint density at radius 2 is 1.25 bits per heavy atom. The Morgan fingerprint density at radius 3 is 1.97 bits per heavy atom. The highest BCUT2D eigenvalue weighted by molar-refractivity contribution is 5.93. The number of anilines is 5. The molecule has 0 saturated carbocycles. The summed E-state index contributed by atoms with van der Waals surface area (Å²) in [5.74, 6) is 0. The van der Waals surface area contributed by atoms with Crippen LogP contribution in [-0.4, -0.2) is 5.11 Å². The fraction of sp³-hybridized carbons (Fsp3) is 0.273. The average molecular weight is 475 g/mol. The third-order valence-corrected chi connectivity index (χ3v) is 8.20. The van der Waals surface area contributed by atoms with Crippen molar-refractivity contribution in [2.24, 2.45) is 0 Å². The Morgan fingerprint density at radius 1 is 0.667 bits per heavy atom. The second-order valence-corrected chi connectivity index (χ2v) is 11.8. The molecular formula is C33H34N2O. The molecule has 3 heteroatoms. The van der Waals surface area contributed by atoms with Gasteiger partial charge < -0.3 is 15.3 Å². The first-order chi connectivity index (χ1) is 17.0. The van der Waals surface area contributed by atoms with E-state index < -0.39 is 5.60 Å². The molecular weight excluding hydrogens is 440 g/mol. The second kappa shape index (κ2) is 7.47. The van der Waals surface area contributed by atoms with Crippen molar-refractivity contribution in [1.82, 2.24) is 0 Å². The van der Waals surface area contributed by atoms with E-state index >= 15 is 0 Å². The molecule has 0 radical (unpaired) electrons. The molecule has 36 heavy (non-hydrogen) atoms. The minimum absolute atomic E-state index is 0.0751. The van der Waals surface area contributed by atoms with E-state index in [0.717, 1.165) is 16.9 Å². The lowest BCUT2D eigenvalue weighted by molar-refractivity contribution is 0.0794. The number of nitrogens with one attached hydrogen (secondary N) is 1. The van der Waals surface area contributed by atoms with Crippen LogP contribution in [0.2, 0.25) is 0 Å². The number of aliphatic hydroxyl groups is 1. The van der Waals surface area contributed by atoms with Crippen LogP contribution in [0, 0.1) is 0 Å². The number of nitrogens with zero attached hydrogens (tertiary/aromatic N) is 1. The third-order valence-electron chi connectivity index (χ3n) is 8.20. The van der Waals surface area contributed by atoms with Crippen LogP contribution in [0.15, 0.2) is 84.9 Å². The standard InChI is InChI=1S/C33H34N2O/c1-31(2)23-13-8-10-17-28(23)35-29-19-18-21(34-27-16-9-7-12-22(27)33(5,6)36)20-26(29)32(3,4)25-15-11-14-24(31)30(25)35/h7-20,34,36H,1-6H3. The highest BCUT2D eigenvalue weighted by Crippen LogP contribution is 2.60. The van der Waals surface area contributed by atoms with Gasteiger partial charge in [-0.05, 0) is 66.4 Å². The van der Waals surface area contributed by atoms with E-state index in [1.54, 1.807) is 0 Å². The smallest absolute Gasteiger partial charge is 0.0860 e. The van der Waals surface area contributed by atoms with Crippen molar-refractivity contribution in [3.8, 4) is 0 Å². The quantitative estimate of drug-likeness (QED) is 0.313. The fourth-order valence-electron chi connectivity index (χ4n) is 6.24. The molecule has 0 unspecified atom stereocenters. The van der Waals surface area contributed by atoms with Crippen LogP contribution in [0.25, 0.3) is 0 Å². The third kappa shape index (κ3) is 3.16. The second-order valence-electron chi connectivity index (χ2n) is 11.8. The minimum atomic E-state index is -0.934. The number of hydrogen-bond acceptors (Lipinski definition) is 3. The highest BCUT2D eigenvalue weighted by Gasteiger charge is 2.45. The summed E-state index contributed by atoms with van der Waals surface area (Å²) in [4.78, 5) is 2.47. The van der Waals surface area contributed by atoms with Gasteiger partial charge in [-0.3, -0.25) is 0 Å². The molecule has 4 aromatic carbocycles. The lowest BCUT2D eigenvalue weighted by Crippen LogP contribution is -2.38. The molecule has 0 atom stereocenters. The first kappa shape index (κ1) is 22.9. The molecule has 3 nitrogen and oxygen atoms in total. The van der Waals surface area contributed by atoms with E-state index in [1.807, 2.05) is 38.1 Å². The monoisotopic (exact) mass is 474 g/mol. The molecule has 2 heterocycles. The zero-order valence-corrected chi connectivity index (χ0v) is 22.0. The van der Waals surface area contributed by atoms with Crippen molar-refractivity contribution in [2.75, 3.05) is 10.2 Å². The van der Waals surface area contributed by atoms with Crippen molar-refractivity contribution in [3.05, 3.63) is 113 Å². The molecule has 6 rings (SSSR count). The molecule has 4 aromatic rings. The van der Waals surface area contributed by atoms with Gasteiger partial charge in [-0.25, -0.2) is 0 Å². The van der Waals surface area contributed by atoms with Crippen LogP contribution >= 0.6 is 0 Å². The van der Waals surface area contributed by atoms with Gasteiger partial charge in [0.15, 0.2) is 0 Å². The molecule has 0 aliphatic carbocycles. The van der Waals surface area contributed by atoms with E-state index in [2.05, 4.69) is 98.6 Å². The number of fused-ring (bicyclic) bond motifs is 4. The number of hydrogen-bond donors (Lipinski definition) is 2. The van der Waals surface area contributed by atoms with Crippen LogP contribution < -0.4 is 10.2 Å². The summed E-state index contributed by atoms with van der Waals surface area (Å²) in [5.41, 5.74) is 10.8. The van der Waals surface area contributed by atoms with Gasteiger partial charge >= 0.3 is 0 Å². The first-order valence-corrected chi connectivity index (χ1v) is 12.8. The SMILES string of the molecule is CC(C)(O)c1ccccc1Nc1ccc2c(c1)C(C)(C)c1cccc3c1N2c1ccccc1C3(C)C. The van der Waals surface area contributed by atoms with Gasteiger partial charge in [0.1, 0.15) is 0 Å². The van der Waals surface area contributed by atoms with Crippen molar-refractivity contribution in [3.63, 3.8) is 0 Å². The Labute approximate surface area is 214 Å². The maximum Gasteiger partial charge on any atom is 0.0860 e. The van der Waals surface area contributed by atoms with Crippen LogP contribution in [-0.2, 0) is 16.4 Å². The highest BCUT2D eigenvalue weighted by atomic mass is 16.3. The van der Waals surface area contributed by atoms with Crippen LogP contribution in [0.1, 0.15) is 69.4 Å². The summed E-state index contributed by atoms with van der Waals surface area (Å²) < 4.78 is 0. The van der Waals surface area contributed by atoms with E-state index in [-0.39, 0.29) is 10.8 Å². The Hall–Kier alpha value is -3.56. The average Bonchev–Trinajstić information content (AvgIpc) is 2.84. The molecule has 0 saturated heterocycles. The zero-order valence-electron chi connectivity index (χ0n) is 22.0. The summed E-state index contributed by atoms with van der Waals surface area (Å²) in [6.45, 7) is 13.0. The predicted molar refractivity (Wildman–Crippen MR) is 150 cm³/mol. The van der Waals surface area contributed by atoms with Crippen LogP contribution in [0.3, 0.4) is 0 Å². The molecule has 2 aliphatic heterocycles. The summed E-state index contributed by atoms with van der Waals surface area (Å²) >= 11 is 0. The van der Waals surface area contributed by atoms with Crippen LogP contribution in [0.5, 0.6) is 0 Å².